The largest absolute Gasteiger partial charge is 0.457 e. The number of aryl methyl sites for hydroxylation is 2. The average Bonchev–Trinajstić information content (AvgIpc) is 2.53. The molecule has 0 aliphatic heterocycles. The fourth-order valence-corrected chi connectivity index (χ4v) is 2.26. The molecular formula is C20H18O. The zero-order chi connectivity index (χ0) is 14.7. The summed E-state index contributed by atoms with van der Waals surface area (Å²) in [5.74, 6) is 1.74. The first-order valence-electron chi connectivity index (χ1n) is 7.13. The summed E-state index contributed by atoms with van der Waals surface area (Å²) >= 11 is 0. The molecule has 0 fully saturated rings. The first-order chi connectivity index (χ1) is 10.2. The average molecular weight is 274 g/mol. The lowest BCUT2D eigenvalue weighted by molar-refractivity contribution is 0.482. The molecule has 3 aromatic rings. The third-order valence-electron chi connectivity index (χ3n) is 3.68. The van der Waals surface area contributed by atoms with Gasteiger partial charge in [-0.2, -0.15) is 0 Å². The molecule has 0 radical (unpaired) electrons. The maximum atomic E-state index is 5.91. The van der Waals surface area contributed by atoms with Crippen molar-refractivity contribution in [1.82, 2.24) is 0 Å². The summed E-state index contributed by atoms with van der Waals surface area (Å²) in [5, 5.41) is 0. The minimum absolute atomic E-state index is 0.859. The Morgan fingerprint density at radius 3 is 1.86 bits per heavy atom. The molecule has 0 aliphatic rings. The van der Waals surface area contributed by atoms with E-state index in [0.29, 0.717) is 0 Å². The van der Waals surface area contributed by atoms with Crippen molar-refractivity contribution in [1.29, 1.82) is 0 Å². The van der Waals surface area contributed by atoms with Gasteiger partial charge in [0.1, 0.15) is 11.5 Å². The highest BCUT2D eigenvalue weighted by Crippen LogP contribution is 2.26. The molecule has 0 spiro atoms. The van der Waals surface area contributed by atoms with Gasteiger partial charge in [-0.1, -0.05) is 48.5 Å². The van der Waals surface area contributed by atoms with E-state index in [1.54, 1.807) is 0 Å². The summed E-state index contributed by atoms with van der Waals surface area (Å²) in [5.41, 5.74) is 4.94. The fraction of sp³-hybridized carbons (Fsp3) is 0.100. The highest BCUT2D eigenvalue weighted by molar-refractivity contribution is 5.64. The van der Waals surface area contributed by atoms with Gasteiger partial charge in [0.25, 0.3) is 0 Å². The molecule has 0 heterocycles. The molecule has 0 bridgehead atoms. The molecule has 0 saturated carbocycles. The van der Waals surface area contributed by atoms with Crippen LogP contribution in [0.3, 0.4) is 0 Å². The van der Waals surface area contributed by atoms with Crippen molar-refractivity contribution in [3.05, 3.63) is 83.9 Å². The summed E-state index contributed by atoms with van der Waals surface area (Å²) in [4.78, 5) is 0. The maximum absolute atomic E-state index is 5.91. The number of rotatable bonds is 3. The van der Waals surface area contributed by atoms with E-state index in [0.717, 1.165) is 11.5 Å². The van der Waals surface area contributed by atoms with Crippen LogP contribution in [0, 0.1) is 13.8 Å². The zero-order valence-corrected chi connectivity index (χ0v) is 12.3. The van der Waals surface area contributed by atoms with Crippen molar-refractivity contribution < 1.29 is 4.74 Å². The molecule has 0 unspecified atom stereocenters. The molecule has 1 heteroatoms. The van der Waals surface area contributed by atoms with Crippen molar-refractivity contribution in [3.8, 4) is 22.6 Å². The molecule has 21 heavy (non-hydrogen) atoms. The van der Waals surface area contributed by atoms with E-state index in [1.165, 1.54) is 22.3 Å². The molecule has 0 aromatic heterocycles. The predicted molar refractivity (Wildman–Crippen MR) is 87.9 cm³/mol. The van der Waals surface area contributed by atoms with Crippen LogP contribution in [0.4, 0.5) is 0 Å². The molecule has 0 saturated heterocycles. The molecule has 3 aromatic carbocycles. The van der Waals surface area contributed by atoms with Crippen LogP contribution in [-0.4, -0.2) is 0 Å². The van der Waals surface area contributed by atoms with Crippen LogP contribution >= 0.6 is 0 Å². The lowest BCUT2D eigenvalue weighted by Crippen LogP contribution is -1.87. The Morgan fingerprint density at radius 2 is 1.19 bits per heavy atom. The summed E-state index contributed by atoms with van der Waals surface area (Å²) in [6, 6.07) is 24.7. The van der Waals surface area contributed by atoms with Crippen LogP contribution in [-0.2, 0) is 0 Å². The quantitative estimate of drug-likeness (QED) is 0.589. The Labute approximate surface area is 125 Å². The Hall–Kier alpha value is -2.54. The SMILES string of the molecule is Cc1ccc(Oc2ccc(-c3ccccc3)cc2)cc1C. The topological polar surface area (TPSA) is 9.23 Å². The third-order valence-corrected chi connectivity index (χ3v) is 3.68. The third kappa shape index (κ3) is 3.14. The fourth-order valence-electron chi connectivity index (χ4n) is 2.26. The maximum Gasteiger partial charge on any atom is 0.127 e. The number of hydrogen-bond acceptors (Lipinski definition) is 1. The lowest BCUT2D eigenvalue weighted by atomic mass is 10.1. The molecule has 104 valence electrons. The normalized spacial score (nSPS) is 10.4. The molecule has 0 N–H and O–H groups in total. The number of ether oxygens (including phenoxy) is 1. The first-order valence-corrected chi connectivity index (χ1v) is 7.13. The van der Waals surface area contributed by atoms with Gasteiger partial charge < -0.3 is 4.74 Å². The van der Waals surface area contributed by atoms with Crippen molar-refractivity contribution >= 4 is 0 Å². The second-order valence-corrected chi connectivity index (χ2v) is 5.24. The van der Waals surface area contributed by atoms with Crippen LogP contribution < -0.4 is 4.74 Å². The molecule has 0 atom stereocenters. The first kappa shape index (κ1) is 13.4. The van der Waals surface area contributed by atoms with Gasteiger partial charge in [0.15, 0.2) is 0 Å². The van der Waals surface area contributed by atoms with Gasteiger partial charge in [0, 0.05) is 0 Å². The summed E-state index contributed by atoms with van der Waals surface area (Å²) in [6.07, 6.45) is 0. The molecule has 0 aliphatic carbocycles. The molecule has 1 nitrogen and oxygen atoms in total. The van der Waals surface area contributed by atoms with E-state index in [4.69, 9.17) is 4.74 Å². The van der Waals surface area contributed by atoms with E-state index >= 15 is 0 Å². The van der Waals surface area contributed by atoms with Gasteiger partial charge in [-0.25, -0.2) is 0 Å². The van der Waals surface area contributed by atoms with Gasteiger partial charge >= 0.3 is 0 Å². The standard InChI is InChI=1S/C20H18O/c1-15-8-11-20(14-16(15)2)21-19-12-9-18(10-13-19)17-6-4-3-5-7-17/h3-14H,1-2H3. The second-order valence-electron chi connectivity index (χ2n) is 5.24. The number of hydrogen-bond donors (Lipinski definition) is 0. The highest BCUT2D eigenvalue weighted by atomic mass is 16.5. The van der Waals surface area contributed by atoms with E-state index in [1.807, 2.05) is 24.3 Å². The van der Waals surface area contributed by atoms with Gasteiger partial charge in [0.2, 0.25) is 0 Å². The van der Waals surface area contributed by atoms with E-state index in [2.05, 4.69) is 62.4 Å². The minimum atomic E-state index is 0.859. The van der Waals surface area contributed by atoms with Gasteiger partial charge in [-0.05, 0) is 60.4 Å². The molecule has 3 rings (SSSR count). The van der Waals surface area contributed by atoms with Crippen molar-refractivity contribution in [2.45, 2.75) is 13.8 Å². The van der Waals surface area contributed by atoms with Crippen molar-refractivity contribution in [2.24, 2.45) is 0 Å². The van der Waals surface area contributed by atoms with Gasteiger partial charge in [0.05, 0.1) is 0 Å². The number of benzene rings is 3. The van der Waals surface area contributed by atoms with Gasteiger partial charge in [-0.15, -0.1) is 0 Å². The predicted octanol–water partition coefficient (Wildman–Crippen LogP) is 5.76. The second kappa shape index (κ2) is 5.84. The van der Waals surface area contributed by atoms with E-state index in [9.17, 15) is 0 Å². The Kier molecular flexibility index (Phi) is 3.74. The molecular weight excluding hydrogens is 256 g/mol. The van der Waals surface area contributed by atoms with E-state index < -0.39 is 0 Å². The lowest BCUT2D eigenvalue weighted by Gasteiger charge is -2.09. The van der Waals surface area contributed by atoms with Crippen LogP contribution in [0.2, 0.25) is 0 Å². The van der Waals surface area contributed by atoms with Crippen LogP contribution in [0.5, 0.6) is 11.5 Å². The minimum Gasteiger partial charge on any atom is -0.457 e. The van der Waals surface area contributed by atoms with Crippen molar-refractivity contribution in [3.63, 3.8) is 0 Å². The van der Waals surface area contributed by atoms with Crippen LogP contribution in [0.15, 0.2) is 72.8 Å². The Balaban J connectivity index is 1.80. The highest BCUT2D eigenvalue weighted by Gasteiger charge is 2.01. The van der Waals surface area contributed by atoms with Gasteiger partial charge in [-0.3, -0.25) is 0 Å². The molecule has 0 amide bonds. The summed E-state index contributed by atoms with van der Waals surface area (Å²) < 4.78 is 5.91. The Bertz CT molecular complexity index is 728. The summed E-state index contributed by atoms with van der Waals surface area (Å²) in [7, 11) is 0. The van der Waals surface area contributed by atoms with Crippen LogP contribution in [0.1, 0.15) is 11.1 Å². The van der Waals surface area contributed by atoms with E-state index in [-0.39, 0.29) is 0 Å². The summed E-state index contributed by atoms with van der Waals surface area (Å²) in [6.45, 7) is 4.20. The zero-order valence-electron chi connectivity index (χ0n) is 12.3. The smallest absolute Gasteiger partial charge is 0.127 e. The van der Waals surface area contributed by atoms with Crippen molar-refractivity contribution in [2.75, 3.05) is 0 Å². The monoisotopic (exact) mass is 274 g/mol. The van der Waals surface area contributed by atoms with Crippen LogP contribution in [0.25, 0.3) is 11.1 Å². The Morgan fingerprint density at radius 1 is 0.571 bits per heavy atom.